The molecule has 0 aliphatic heterocycles. The Morgan fingerprint density at radius 1 is 1.41 bits per heavy atom. The van der Waals surface area contributed by atoms with Crippen LogP contribution < -0.4 is 0 Å². The Morgan fingerprint density at radius 2 is 2.24 bits per heavy atom. The van der Waals surface area contributed by atoms with Gasteiger partial charge in [0.25, 0.3) is 0 Å². The largest absolute Gasteiger partial charge is 0.481 e. The molecule has 2 aromatic rings. The van der Waals surface area contributed by atoms with E-state index < -0.39 is 5.97 Å². The van der Waals surface area contributed by atoms with E-state index in [4.69, 9.17) is 16.7 Å². The zero-order valence-electron chi connectivity index (χ0n) is 8.80. The molecule has 0 aliphatic rings. The molecule has 0 aliphatic carbocycles. The molecule has 0 saturated carbocycles. The normalized spacial score (nSPS) is 10.2. The minimum Gasteiger partial charge on any atom is -0.481 e. The molecule has 1 aromatic carbocycles. The second-order valence-electron chi connectivity index (χ2n) is 3.48. The molecule has 1 aromatic heterocycles. The van der Waals surface area contributed by atoms with Crippen LogP contribution in [-0.2, 0) is 11.2 Å². The Kier molecular flexibility index (Phi) is 3.35. The van der Waals surface area contributed by atoms with Gasteiger partial charge in [-0.15, -0.1) is 0 Å². The van der Waals surface area contributed by atoms with Crippen LogP contribution in [0.15, 0.2) is 36.8 Å². The molecule has 0 atom stereocenters. The Labute approximate surface area is 103 Å². The minimum atomic E-state index is -0.914. The van der Waals surface area contributed by atoms with Gasteiger partial charge in [0.15, 0.2) is 0 Å². The maximum Gasteiger partial charge on any atom is 0.307 e. The van der Waals surface area contributed by atoms with Crippen molar-refractivity contribution in [2.24, 2.45) is 0 Å². The number of carbonyl (C=O) groups is 1. The van der Waals surface area contributed by atoms with Crippen LogP contribution in [0.1, 0.15) is 5.56 Å². The molecule has 0 spiro atoms. The van der Waals surface area contributed by atoms with E-state index in [0.717, 1.165) is 5.56 Å². The SMILES string of the molecule is O=C(O)Cc1cncnc1-c1cccc(Cl)c1. The lowest BCUT2D eigenvalue weighted by Crippen LogP contribution is -2.03. The number of hydrogen-bond acceptors (Lipinski definition) is 3. The highest BCUT2D eigenvalue weighted by Gasteiger charge is 2.10. The molecule has 5 heteroatoms. The van der Waals surface area contributed by atoms with Gasteiger partial charge in [-0.1, -0.05) is 23.7 Å². The molecule has 4 nitrogen and oxygen atoms in total. The summed E-state index contributed by atoms with van der Waals surface area (Å²) in [5.74, 6) is -0.914. The van der Waals surface area contributed by atoms with Gasteiger partial charge in [-0.25, -0.2) is 9.97 Å². The number of benzene rings is 1. The van der Waals surface area contributed by atoms with Crippen molar-refractivity contribution in [1.82, 2.24) is 9.97 Å². The van der Waals surface area contributed by atoms with Crippen molar-refractivity contribution in [3.05, 3.63) is 47.4 Å². The highest BCUT2D eigenvalue weighted by Crippen LogP contribution is 2.23. The number of aromatic nitrogens is 2. The van der Waals surface area contributed by atoms with Gasteiger partial charge in [-0.3, -0.25) is 4.79 Å². The molecule has 0 amide bonds. The van der Waals surface area contributed by atoms with Gasteiger partial charge in [0.2, 0.25) is 0 Å². The fourth-order valence-corrected chi connectivity index (χ4v) is 1.74. The van der Waals surface area contributed by atoms with Crippen LogP contribution in [0.2, 0.25) is 5.02 Å². The summed E-state index contributed by atoms with van der Waals surface area (Å²) in [6.45, 7) is 0. The first kappa shape index (κ1) is 11.5. The highest BCUT2D eigenvalue weighted by atomic mass is 35.5. The average Bonchev–Trinajstić information content (AvgIpc) is 2.29. The second kappa shape index (κ2) is 4.93. The second-order valence-corrected chi connectivity index (χ2v) is 3.91. The third-order valence-corrected chi connectivity index (χ3v) is 2.46. The monoisotopic (exact) mass is 248 g/mol. The summed E-state index contributed by atoms with van der Waals surface area (Å²) in [6, 6.07) is 7.13. The zero-order chi connectivity index (χ0) is 12.3. The van der Waals surface area contributed by atoms with Crippen molar-refractivity contribution in [2.75, 3.05) is 0 Å². The number of aliphatic carboxylic acids is 1. The number of nitrogens with zero attached hydrogens (tertiary/aromatic N) is 2. The molecule has 86 valence electrons. The third-order valence-electron chi connectivity index (χ3n) is 2.23. The smallest absolute Gasteiger partial charge is 0.307 e. The summed E-state index contributed by atoms with van der Waals surface area (Å²) < 4.78 is 0. The molecule has 2 rings (SSSR count). The van der Waals surface area contributed by atoms with Gasteiger partial charge in [-0.2, -0.15) is 0 Å². The van der Waals surface area contributed by atoms with E-state index in [1.807, 2.05) is 6.07 Å². The number of halogens is 1. The predicted molar refractivity (Wildman–Crippen MR) is 63.8 cm³/mol. The van der Waals surface area contributed by atoms with Crippen LogP contribution in [-0.4, -0.2) is 21.0 Å². The van der Waals surface area contributed by atoms with E-state index in [-0.39, 0.29) is 6.42 Å². The maximum absolute atomic E-state index is 10.7. The van der Waals surface area contributed by atoms with Crippen molar-refractivity contribution < 1.29 is 9.90 Å². The molecule has 0 bridgehead atoms. The number of carboxylic acid groups (broad SMARTS) is 1. The van der Waals surface area contributed by atoms with Crippen molar-refractivity contribution in [2.45, 2.75) is 6.42 Å². The van der Waals surface area contributed by atoms with E-state index in [1.165, 1.54) is 12.5 Å². The zero-order valence-corrected chi connectivity index (χ0v) is 9.55. The van der Waals surface area contributed by atoms with Gasteiger partial charge in [0.1, 0.15) is 6.33 Å². The van der Waals surface area contributed by atoms with Crippen LogP contribution in [0.5, 0.6) is 0 Å². The number of carboxylic acids is 1. The van der Waals surface area contributed by atoms with Crippen LogP contribution in [0.3, 0.4) is 0 Å². The van der Waals surface area contributed by atoms with E-state index in [2.05, 4.69) is 9.97 Å². The Balaban J connectivity index is 2.47. The molecular weight excluding hydrogens is 240 g/mol. The van der Waals surface area contributed by atoms with Crippen molar-refractivity contribution >= 4 is 17.6 Å². The lowest BCUT2D eigenvalue weighted by molar-refractivity contribution is -0.136. The maximum atomic E-state index is 10.7. The lowest BCUT2D eigenvalue weighted by atomic mass is 10.1. The molecule has 17 heavy (non-hydrogen) atoms. The van der Waals surface area contributed by atoms with E-state index >= 15 is 0 Å². The highest BCUT2D eigenvalue weighted by molar-refractivity contribution is 6.30. The Bertz CT molecular complexity index is 558. The molecule has 0 radical (unpaired) electrons. The molecule has 1 N–H and O–H groups in total. The standard InChI is InChI=1S/C12H9ClN2O2/c13-10-3-1-2-8(4-10)12-9(5-11(16)17)6-14-7-15-12/h1-4,6-7H,5H2,(H,16,17). The third kappa shape index (κ3) is 2.79. The fraction of sp³-hybridized carbons (Fsp3) is 0.0833. The lowest BCUT2D eigenvalue weighted by Gasteiger charge is -2.06. The Morgan fingerprint density at radius 3 is 2.94 bits per heavy atom. The van der Waals surface area contributed by atoms with Crippen LogP contribution >= 0.6 is 11.6 Å². The van der Waals surface area contributed by atoms with Gasteiger partial charge < -0.3 is 5.11 Å². The van der Waals surface area contributed by atoms with Crippen molar-refractivity contribution in [3.63, 3.8) is 0 Å². The van der Waals surface area contributed by atoms with Crippen LogP contribution in [0, 0.1) is 0 Å². The molecule has 1 heterocycles. The topological polar surface area (TPSA) is 63.1 Å². The van der Waals surface area contributed by atoms with E-state index in [0.29, 0.717) is 16.3 Å². The summed E-state index contributed by atoms with van der Waals surface area (Å²) in [4.78, 5) is 18.7. The van der Waals surface area contributed by atoms with Gasteiger partial charge >= 0.3 is 5.97 Å². The van der Waals surface area contributed by atoms with Gasteiger partial charge in [0, 0.05) is 22.3 Å². The van der Waals surface area contributed by atoms with Crippen molar-refractivity contribution in [3.8, 4) is 11.3 Å². The quantitative estimate of drug-likeness (QED) is 0.906. The van der Waals surface area contributed by atoms with E-state index in [9.17, 15) is 4.79 Å². The fourth-order valence-electron chi connectivity index (χ4n) is 1.55. The first-order valence-electron chi connectivity index (χ1n) is 4.93. The summed E-state index contributed by atoms with van der Waals surface area (Å²) in [5, 5.41) is 9.40. The summed E-state index contributed by atoms with van der Waals surface area (Å²) in [7, 11) is 0. The summed E-state index contributed by atoms with van der Waals surface area (Å²) in [6.07, 6.45) is 2.79. The summed E-state index contributed by atoms with van der Waals surface area (Å²) in [5.41, 5.74) is 1.96. The van der Waals surface area contributed by atoms with E-state index in [1.54, 1.807) is 18.2 Å². The molecule has 0 saturated heterocycles. The Hall–Kier alpha value is -1.94. The number of hydrogen-bond donors (Lipinski definition) is 1. The average molecular weight is 249 g/mol. The number of rotatable bonds is 3. The van der Waals surface area contributed by atoms with Crippen LogP contribution in [0.25, 0.3) is 11.3 Å². The molecule has 0 unspecified atom stereocenters. The minimum absolute atomic E-state index is 0.108. The van der Waals surface area contributed by atoms with Gasteiger partial charge in [-0.05, 0) is 12.1 Å². The predicted octanol–water partition coefficient (Wildman–Crippen LogP) is 2.42. The molecule has 0 fully saturated rings. The first-order chi connectivity index (χ1) is 8.16. The summed E-state index contributed by atoms with van der Waals surface area (Å²) >= 11 is 5.89. The van der Waals surface area contributed by atoms with Gasteiger partial charge in [0.05, 0.1) is 12.1 Å². The van der Waals surface area contributed by atoms with Crippen molar-refractivity contribution in [1.29, 1.82) is 0 Å². The molecular formula is C12H9ClN2O2. The van der Waals surface area contributed by atoms with Crippen LogP contribution in [0.4, 0.5) is 0 Å². The first-order valence-corrected chi connectivity index (χ1v) is 5.31.